The van der Waals surface area contributed by atoms with E-state index in [1.165, 1.54) is 0 Å². The van der Waals surface area contributed by atoms with Gasteiger partial charge in [0.25, 0.3) is 0 Å². The van der Waals surface area contributed by atoms with Crippen molar-refractivity contribution in [1.82, 2.24) is 15.0 Å². The number of benzene rings is 1. The quantitative estimate of drug-likeness (QED) is 0.855. The smallest absolute Gasteiger partial charge is 0.233 e. The number of rotatable bonds is 5. The Morgan fingerprint density at radius 3 is 2.52 bits per heavy atom. The van der Waals surface area contributed by atoms with Gasteiger partial charge in [0.1, 0.15) is 0 Å². The van der Waals surface area contributed by atoms with Gasteiger partial charge in [0.2, 0.25) is 17.2 Å². The fourth-order valence-corrected chi connectivity index (χ4v) is 2.56. The Bertz CT molecular complexity index is 631. The van der Waals surface area contributed by atoms with E-state index >= 15 is 0 Å². The molecule has 0 saturated carbocycles. The first-order chi connectivity index (χ1) is 10.0. The minimum atomic E-state index is 0.184. The highest BCUT2D eigenvalue weighted by Gasteiger charge is 2.11. The maximum Gasteiger partial charge on any atom is 0.233 e. The van der Waals surface area contributed by atoms with Gasteiger partial charge < -0.3 is 10.2 Å². The lowest BCUT2D eigenvalue weighted by Gasteiger charge is -2.19. The van der Waals surface area contributed by atoms with Crippen molar-refractivity contribution in [3.8, 4) is 0 Å². The SMILES string of the molecule is CCN(CC)c1nc(Cl)nc(Nc2ccc(Br)cc2C)n1. The van der Waals surface area contributed by atoms with Gasteiger partial charge in [-0.2, -0.15) is 15.0 Å². The molecule has 0 bridgehead atoms. The molecule has 5 nitrogen and oxygen atoms in total. The van der Waals surface area contributed by atoms with Gasteiger partial charge in [0, 0.05) is 23.2 Å². The van der Waals surface area contributed by atoms with Gasteiger partial charge in [-0.25, -0.2) is 0 Å². The van der Waals surface area contributed by atoms with E-state index in [0.29, 0.717) is 11.9 Å². The van der Waals surface area contributed by atoms with E-state index in [4.69, 9.17) is 11.6 Å². The highest BCUT2D eigenvalue weighted by Crippen LogP contribution is 2.23. The van der Waals surface area contributed by atoms with Crippen molar-refractivity contribution >= 4 is 45.1 Å². The number of nitrogens with one attached hydrogen (secondary N) is 1. The highest BCUT2D eigenvalue weighted by atomic mass is 79.9. The molecule has 0 fully saturated rings. The summed E-state index contributed by atoms with van der Waals surface area (Å²) in [4.78, 5) is 14.8. The topological polar surface area (TPSA) is 53.9 Å². The first-order valence-corrected chi connectivity index (χ1v) is 7.90. The molecule has 7 heteroatoms. The second-order valence-corrected chi connectivity index (χ2v) is 5.74. The van der Waals surface area contributed by atoms with Crippen LogP contribution in [0.25, 0.3) is 0 Å². The second-order valence-electron chi connectivity index (χ2n) is 4.48. The molecule has 0 aliphatic heterocycles. The van der Waals surface area contributed by atoms with Crippen molar-refractivity contribution in [2.45, 2.75) is 20.8 Å². The number of nitrogens with zero attached hydrogens (tertiary/aromatic N) is 4. The molecule has 1 aromatic carbocycles. The van der Waals surface area contributed by atoms with Crippen LogP contribution < -0.4 is 10.2 Å². The number of hydrogen-bond acceptors (Lipinski definition) is 5. The van der Waals surface area contributed by atoms with Gasteiger partial charge in [-0.15, -0.1) is 0 Å². The normalized spacial score (nSPS) is 10.5. The van der Waals surface area contributed by atoms with Crippen LogP contribution in [0.5, 0.6) is 0 Å². The van der Waals surface area contributed by atoms with Crippen LogP contribution in [0.3, 0.4) is 0 Å². The van der Waals surface area contributed by atoms with Crippen molar-refractivity contribution in [3.63, 3.8) is 0 Å². The van der Waals surface area contributed by atoms with Crippen molar-refractivity contribution < 1.29 is 0 Å². The van der Waals surface area contributed by atoms with Crippen molar-refractivity contribution in [1.29, 1.82) is 0 Å². The van der Waals surface area contributed by atoms with E-state index in [9.17, 15) is 0 Å². The highest BCUT2D eigenvalue weighted by molar-refractivity contribution is 9.10. The summed E-state index contributed by atoms with van der Waals surface area (Å²) in [5, 5.41) is 3.37. The van der Waals surface area contributed by atoms with Gasteiger partial charge in [0.05, 0.1) is 0 Å². The zero-order chi connectivity index (χ0) is 15.4. The number of hydrogen-bond donors (Lipinski definition) is 1. The first-order valence-electron chi connectivity index (χ1n) is 6.73. The Balaban J connectivity index is 2.31. The molecule has 0 aliphatic rings. The summed E-state index contributed by atoms with van der Waals surface area (Å²) in [6.45, 7) is 7.74. The summed E-state index contributed by atoms with van der Waals surface area (Å²) < 4.78 is 1.03. The zero-order valence-corrected chi connectivity index (χ0v) is 14.5. The summed E-state index contributed by atoms with van der Waals surface area (Å²) in [6.07, 6.45) is 0. The Kier molecular flexibility index (Phi) is 5.36. The number of halogens is 2. The lowest BCUT2D eigenvalue weighted by Crippen LogP contribution is -2.24. The van der Waals surface area contributed by atoms with Gasteiger partial charge in [-0.3, -0.25) is 0 Å². The van der Waals surface area contributed by atoms with Crippen LogP contribution in [0.2, 0.25) is 5.28 Å². The molecule has 0 saturated heterocycles. The largest absolute Gasteiger partial charge is 0.341 e. The lowest BCUT2D eigenvalue weighted by atomic mass is 10.2. The van der Waals surface area contributed by atoms with Gasteiger partial charge >= 0.3 is 0 Å². The molecule has 0 unspecified atom stereocenters. The molecular weight excluding hydrogens is 354 g/mol. The predicted molar refractivity (Wildman–Crippen MR) is 90.6 cm³/mol. The maximum atomic E-state index is 6.00. The first kappa shape index (κ1) is 16.0. The van der Waals surface area contributed by atoms with Crippen LogP contribution in [0.1, 0.15) is 19.4 Å². The number of aryl methyl sites for hydroxylation is 1. The van der Waals surface area contributed by atoms with E-state index in [0.717, 1.165) is 28.8 Å². The van der Waals surface area contributed by atoms with Gasteiger partial charge in [0.15, 0.2) is 0 Å². The zero-order valence-electron chi connectivity index (χ0n) is 12.2. The number of anilines is 3. The maximum absolute atomic E-state index is 6.00. The minimum absolute atomic E-state index is 0.184. The molecule has 1 heterocycles. The standard InChI is InChI=1S/C14H17BrClN5/c1-4-21(5-2)14-19-12(16)18-13(20-14)17-11-7-6-10(15)8-9(11)3/h6-8H,4-5H2,1-3H3,(H,17,18,19,20). The molecule has 0 radical (unpaired) electrons. The van der Waals surface area contributed by atoms with Crippen LogP contribution in [-0.2, 0) is 0 Å². The molecule has 2 aromatic rings. The minimum Gasteiger partial charge on any atom is -0.341 e. The molecule has 0 amide bonds. The Hall–Kier alpha value is -1.40. The summed E-state index contributed by atoms with van der Waals surface area (Å²) in [7, 11) is 0. The van der Waals surface area contributed by atoms with Crippen LogP contribution in [0, 0.1) is 6.92 Å². The Labute approximate surface area is 137 Å². The van der Waals surface area contributed by atoms with E-state index in [-0.39, 0.29) is 5.28 Å². The fraction of sp³-hybridized carbons (Fsp3) is 0.357. The number of aromatic nitrogens is 3. The van der Waals surface area contributed by atoms with E-state index in [1.807, 2.05) is 43.9 Å². The second kappa shape index (κ2) is 7.04. The molecular formula is C14H17BrClN5. The van der Waals surface area contributed by atoms with E-state index in [1.54, 1.807) is 0 Å². The van der Waals surface area contributed by atoms with Crippen LogP contribution >= 0.6 is 27.5 Å². The average molecular weight is 371 g/mol. The van der Waals surface area contributed by atoms with E-state index < -0.39 is 0 Å². The molecule has 21 heavy (non-hydrogen) atoms. The molecule has 112 valence electrons. The average Bonchev–Trinajstić information content (AvgIpc) is 2.43. The molecule has 0 aliphatic carbocycles. The van der Waals surface area contributed by atoms with Gasteiger partial charge in [-0.05, 0) is 56.1 Å². The summed E-state index contributed by atoms with van der Waals surface area (Å²) >= 11 is 9.45. The van der Waals surface area contributed by atoms with Crippen molar-refractivity contribution in [2.24, 2.45) is 0 Å². The molecule has 1 N–H and O–H groups in total. The third kappa shape index (κ3) is 4.04. The van der Waals surface area contributed by atoms with Gasteiger partial charge in [-0.1, -0.05) is 15.9 Å². The lowest BCUT2D eigenvalue weighted by molar-refractivity contribution is 0.813. The summed E-state index contributed by atoms with van der Waals surface area (Å²) in [5.41, 5.74) is 2.02. The van der Waals surface area contributed by atoms with Crippen LogP contribution in [0.4, 0.5) is 17.6 Å². The fourth-order valence-electron chi connectivity index (χ4n) is 1.93. The monoisotopic (exact) mass is 369 g/mol. The molecule has 1 aromatic heterocycles. The summed E-state index contributed by atoms with van der Waals surface area (Å²) in [6, 6.07) is 5.95. The Morgan fingerprint density at radius 2 is 1.90 bits per heavy atom. The van der Waals surface area contributed by atoms with Crippen LogP contribution in [0.15, 0.2) is 22.7 Å². The molecule has 0 spiro atoms. The van der Waals surface area contributed by atoms with Crippen LogP contribution in [-0.4, -0.2) is 28.0 Å². The third-order valence-electron chi connectivity index (χ3n) is 3.08. The third-order valence-corrected chi connectivity index (χ3v) is 3.74. The van der Waals surface area contributed by atoms with Crippen molar-refractivity contribution in [2.75, 3.05) is 23.3 Å². The molecule has 2 rings (SSSR count). The summed E-state index contributed by atoms with van der Waals surface area (Å²) in [5.74, 6) is 1.03. The van der Waals surface area contributed by atoms with E-state index in [2.05, 4.69) is 36.2 Å². The molecule has 0 atom stereocenters. The predicted octanol–water partition coefficient (Wildman–Crippen LogP) is 4.19. The Morgan fingerprint density at radius 1 is 1.19 bits per heavy atom. The van der Waals surface area contributed by atoms with Crippen molar-refractivity contribution in [3.05, 3.63) is 33.5 Å².